The molecule has 0 amide bonds. The number of esters is 1. The van der Waals surface area contributed by atoms with Crippen LogP contribution in [0.25, 0.3) is 0 Å². The van der Waals surface area contributed by atoms with Crippen molar-refractivity contribution in [2.24, 2.45) is 0 Å². The highest BCUT2D eigenvalue weighted by Gasteiger charge is 2.37. The maximum absolute atomic E-state index is 12.8. The Morgan fingerprint density at radius 1 is 0.969 bits per heavy atom. The number of carboxylic acids is 1. The Hall–Kier alpha value is -2.62. The molecule has 1 N–H and O–H groups in total. The lowest BCUT2D eigenvalue weighted by molar-refractivity contribution is -0.134. The summed E-state index contributed by atoms with van der Waals surface area (Å²) in [4.78, 5) is 23.8. The number of carbonyl (C=O) groups excluding carboxylic acids is 1. The molecule has 0 aliphatic heterocycles. The maximum atomic E-state index is 12.8. The quantitative estimate of drug-likeness (QED) is 0.357. The molecule has 0 saturated carbocycles. The second-order valence-electron chi connectivity index (χ2n) is 10.4. The Labute approximate surface area is 192 Å². The zero-order valence-corrected chi connectivity index (χ0v) is 20.0. The Balaban J connectivity index is 1.82. The average Bonchev–Trinajstić information content (AvgIpc) is 2.74. The lowest BCUT2D eigenvalue weighted by Gasteiger charge is -2.42. The molecule has 0 bridgehead atoms. The first kappa shape index (κ1) is 24.0. The van der Waals surface area contributed by atoms with Gasteiger partial charge in [-0.3, -0.25) is 4.79 Å². The number of ether oxygens (including phenoxy) is 1. The van der Waals surface area contributed by atoms with Crippen LogP contribution in [0.1, 0.15) is 106 Å². The summed E-state index contributed by atoms with van der Waals surface area (Å²) < 4.78 is 5.54. The van der Waals surface area contributed by atoms with Gasteiger partial charge in [0.05, 0.1) is 12.0 Å². The van der Waals surface area contributed by atoms with E-state index in [4.69, 9.17) is 9.84 Å². The van der Waals surface area contributed by atoms with Crippen LogP contribution in [0.2, 0.25) is 0 Å². The van der Waals surface area contributed by atoms with E-state index >= 15 is 0 Å². The summed E-state index contributed by atoms with van der Waals surface area (Å²) in [6.07, 6.45) is 5.71. The van der Waals surface area contributed by atoms with E-state index in [2.05, 4.69) is 52.8 Å². The Morgan fingerprint density at radius 3 is 2.19 bits per heavy atom. The van der Waals surface area contributed by atoms with E-state index in [1.54, 1.807) is 0 Å². The third kappa shape index (κ3) is 5.40. The third-order valence-electron chi connectivity index (χ3n) is 7.00. The van der Waals surface area contributed by atoms with Crippen molar-refractivity contribution in [2.45, 2.75) is 89.9 Å². The number of unbranched alkanes of at least 4 members (excludes halogenated alkanes) is 1. The molecular weight excluding hydrogens is 400 g/mol. The van der Waals surface area contributed by atoms with Gasteiger partial charge in [0.15, 0.2) is 0 Å². The molecule has 2 aromatic carbocycles. The maximum Gasteiger partial charge on any atom is 0.335 e. The van der Waals surface area contributed by atoms with E-state index in [1.807, 2.05) is 0 Å². The number of carbonyl (C=O) groups is 2. The molecule has 1 atom stereocenters. The van der Waals surface area contributed by atoms with Crippen LogP contribution in [-0.4, -0.2) is 17.0 Å². The molecule has 1 unspecified atom stereocenters. The van der Waals surface area contributed by atoms with Gasteiger partial charge in [-0.15, -0.1) is 0 Å². The Morgan fingerprint density at radius 2 is 1.59 bits per heavy atom. The van der Waals surface area contributed by atoms with E-state index < -0.39 is 5.97 Å². The van der Waals surface area contributed by atoms with E-state index in [0.717, 1.165) is 25.7 Å². The van der Waals surface area contributed by atoms with Gasteiger partial charge in [-0.25, -0.2) is 4.79 Å². The first-order valence-electron chi connectivity index (χ1n) is 11.7. The van der Waals surface area contributed by atoms with Crippen LogP contribution in [0.3, 0.4) is 0 Å². The molecule has 4 heteroatoms. The Bertz CT molecular complexity index is 969. The molecule has 2 aromatic rings. The topological polar surface area (TPSA) is 63.6 Å². The monoisotopic (exact) mass is 436 g/mol. The molecule has 172 valence electrons. The lowest BCUT2D eigenvalue weighted by Crippen LogP contribution is -2.34. The fourth-order valence-electron chi connectivity index (χ4n) is 4.74. The zero-order valence-electron chi connectivity index (χ0n) is 20.0. The van der Waals surface area contributed by atoms with Crippen molar-refractivity contribution in [1.29, 1.82) is 0 Å². The number of hydrogen-bond acceptors (Lipinski definition) is 3. The average molecular weight is 437 g/mol. The molecule has 0 saturated heterocycles. The second-order valence-corrected chi connectivity index (χ2v) is 10.4. The molecule has 0 fully saturated rings. The normalized spacial score (nSPS) is 17.3. The van der Waals surface area contributed by atoms with Crippen LogP contribution in [0.5, 0.6) is 5.75 Å². The lowest BCUT2D eigenvalue weighted by atomic mass is 9.62. The smallest absolute Gasteiger partial charge is 0.335 e. The minimum Gasteiger partial charge on any atom is -0.478 e. The fraction of sp³-hybridized carbons (Fsp3) is 0.500. The SMILES string of the molecule is CCCCC(CC(=O)Oc1ccc(C(=O)O)cc1)c1ccc2c(c1)C(C)(C)CCC2(C)C. The van der Waals surface area contributed by atoms with Crippen LogP contribution in [0.4, 0.5) is 0 Å². The van der Waals surface area contributed by atoms with E-state index in [-0.39, 0.29) is 28.3 Å². The van der Waals surface area contributed by atoms with E-state index in [9.17, 15) is 9.59 Å². The molecular formula is C28H36O4. The predicted molar refractivity (Wildman–Crippen MR) is 128 cm³/mol. The van der Waals surface area contributed by atoms with Crippen molar-refractivity contribution in [3.63, 3.8) is 0 Å². The van der Waals surface area contributed by atoms with Crippen LogP contribution in [0.15, 0.2) is 42.5 Å². The third-order valence-corrected chi connectivity index (χ3v) is 7.00. The molecule has 0 radical (unpaired) electrons. The van der Waals surface area contributed by atoms with Gasteiger partial charge in [-0.1, -0.05) is 65.7 Å². The van der Waals surface area contributed by atoms with Crippen molar-refractivity contribution < 1.29 is 19.4 Å². The fourth-order valence-corrected chi connectivity index (χ4v) is 4.74. The van der Waals surface area contributed by atoms with Crippen LogP contribution in [0, 0.1) is 0 Å². The summed E-state index contributed by atoms with van der Waals surface area (Å²) in [5, 5.41) is 9.03. The van der Waals surface area contributed by atoms with Gasteiger partial charge in [-0.05, 0) is 77.0 Å². The minimum absolute atomic E-state index is 0.104. The summed E-state index contributed by atoms with van der Waals surface area (Å²) in [5.41, 5.74) is 4.51. The first-order chi connectivity index (χ1) is 15.0. The highest BCUT2D eigenvalue weighted by Crippen LogP contribution is 2.46. The van der Waals surface area contributed by atoms with Crippen molar-refractivity contribution >= 4 is 11.9 Å². The molecule has 0 spiro atoms. The summed E-state index contributed by atoms with van der Waals surface area (Å²) in [6, 6.07) is 12.8. The van der Waals surface area contributed by atoms with Crippen molar-refractivity contribution in [2.75, 3.05) is 0 Å². The van der Waals surface area contributed by atoms with Crippen LogP contribution >= 0.6 is 0 Å². The summed E-state index contributed by atoms with van der Waals surface area (Å²) in [7, 11) is 0. The Kier molecular flexibility index (Phi) is 7.12. The van der Waals surface area contributed by atoms with Gasteiger partial charge >= 0.3 is 11.9 Å². The second kappa shape index (κ2) is 9.48. The van der Waals surface area contributed by atoms with Gasteiger partial charge in [-0.2, -0.15) is 0 Å². The number of benzene rings is 2. The zero-order chi connectivity index (χ0) is 23.5. The largest absolute Gasteiger partial charge is 0.478 e. The highest BCUT2D eigenvalue weighted by atomic mass is 16.5. The molecule has 0 aromatic heterocycles. The van der Waals surface area contributed by atoms with Gasteiger partial charge in [0, 0.05) is 0 Å². The predicted octanol–water partition coefficient (Wildman–Crippen LogP) is 7.00. The molecule has 3 rings (SSSR count). The minimum atomic E-state index is -0.999. The van der Waals surface area contributed by atoms with Gasteiger partial charge in [0.1, 0.15) is 5.75 Å². The summed E-state index contributed by atoms with van der Waals surface area (Å²) in [6.45, 7) is 11.4. The van der Waals surface area contributed by atoms with E-state index in [0.29, 0.717) is 12.2 Å². The molecule has 1 aliphatic carbocycles. The van der Waals surface area contributed by atoms with Gasteiger partial charge in [0.2, 0.25) is 0 Å². The number of hydrogen-bond donors (Lipinski definition) is 1. The summed E-state index contributed by atoms with van der Waals surface area (Å²) >= 11 is 0. The number of aromatic carboxylic acids is 1. The highest BCUT2D eigenvalue weighted by molar-refractivity contribution is 5.87. The van der Waals surface area contributed by atoms with Crippen LogP contribution < -0.4 is 4.74 Å². The van der Waals surface area contributed by atoms with Crippen molar-refractivity contribution in [3.8, 4) is 5.75 Å². The van der Waals surface area contributed by atoms with E-state index in [1.165, 1.54) is 47.4 Å². The molecule has 0 heterocycles. The van der Waals surface area contributed by atoms with Gasteiger partial charge < -0.3 is 9.84 Å². The van der Waals surface area contributed by atoms with Gasteiger partial charge in [0.25, 0.3) is 0 Å². The summed E-state index contributed by atoms with van der Waals surface area (Å²) in [5.74, 6) is -0.804. The number of rotatable bonds is 8. The van der Waals surface area contributed by atoms with Crippen LogP contribution in [-0.2, 0) is 15.6 Å². The number of carboxylic acid groups (broad SMARTS) is 1. The molecule has 1 aliphatic rings. The molecule has 4 nitrogen and oxygen atoms in total. The van der Waals surface area contributed by atoms with Crippen molar-refractivity contribution in [1.82, 2.24) is 0 Å². The standard InChI is InChI=1S/C28H36O4/c1-6-7-8-20(18-25(29)32-22-12-9-19(10-13-22)26(30)31)21-11-14-23-24(17-21)28(4,5)16-15-27(23,2)3/h9-14,17,20H,6-8,15-16,18H2,1-5H3,(H,30,31). The number of fused-ring (bicyclic) bond motifs is 1. The van der Waals surface area contributed by atoms with Crippen molar-refractivity contribution in [3.05, 3.63) is 64.7 Å². The first-order valence-corrected chi connectivity index (χ1v) is 11.7. The molecule has 32 heavy (non-hydrogen) atoms.